The first-order valence-corrected chi connectivity index (χ1v) is 4.92. The Morgan fingerprint density at radius 1 is 1.31 bits per heavy atom. The molecule has 7 nitrogen and oxygen atoms in total. The predicted octanol–water partition coefficient (Wildman–Crippen LogP) is 2.93. The molecule has 0 heterocycles. The van der Waals surface area contributed by atoms with E-state index >= 15 is 0 Å². The third-order valence-corrected chi connectivity index (χ3v) is 2.68. The maximum atomic E-state index is 10.7. The van der Waals surface area contributed by atoms with E-state index in [0.29, 0.717) is 0 Å². The van der Waals surface area contributed by atoms with Crippen LogP contribution in [0.3, 0.4) is 0 Å². The first-order chi connectivity index (χ1) is 7.40. The quantitative estimate of drug-likeness (QED) is 0.631. The van der Waals surface area contributed by atoms with Crippen LogP contribution in [0.5, 0.6) is 5.75 Å². The number of methoxy groups -OCH3 is 1. The van der Waals surface area contributed by atoms with Gasteiger partial charge in [-0.15, -0.1) is 0 Å². The molecule has 1 aromatic rings. The standard InChI is InChI=1S/C7H4BrClN2O5/c1-16-4-2-3(8)6(10(12)13)5(9)7(4)11(14)15/h2H,1H3. The summed E-state index contributed by atoms with van der Waals surface area (Å²) in [7, 11) is 1.21. The van der Waals surface area contributed by atoms with Crippen LogP contribution in [0.25, 0.3) is 0 Å². The number of ether oxygens (including phenoxy) is 1. The number of nitrogens with zero attached hydrogens (tertiary/aromatic N) is 2. The summed E-state index contributed by atoms with van der Waals surface area (Å²) in [5.74, 6) is -0.146. The van der Waals surface area contributed by atoms with Gasteiger partial charge in [0.1, 0.15) is 4.47 Å². The van der Waals surface area contributed by atoms with Gasteiger partial charge in [0.25, 0.3) is 0 Å². The summed E-state index contributed by atoms with van der Waals surface area (Å²) >= 11 is 8.49. The van der Waals surface area contributed by atoms with Crippen LogP contribution >= 0.6 is 27.5 Å². The third kappa shape index (κ3) is 2.07. The molecule has 0 atom stereocenters. The van der Waals surface area contributed by atoms with Gasteiger partial charge < -0.3 is 4.74 Å². The van der Waals surface area contributed by atoms with Crippen molar-refractivity contribution in [2.24, 2.45) is 0 Å². The molecule has 9 heteroatoms. The largest absolute Gasteiger partial charge is 0.490 e. The molecule has 0 aliphatic rings. The molecular formula is C7H4BrClN2O5. The minimum atomic E-state index is -0.833. The fraction of sp³-hybridized carbons (Fsp3) is 0.143. The average molecular weight is 311 g/mol. The lowest BCUT2D eigenvalue weighted by atomic mass is 10.2. The van der Waals surface area contributed by atoms with Crippen molar-refractivity contribution in [2.45, 2.75) is 0 Å². The molecule has 0 unspecified atom stereocenters. The van der Waals surface area contributed by atoms with E-state index in [4.69, 9.17) is 16.3 Å². The number of hydrogen-bond donors (Lipinski definition) is 0. The minimum absolute atomic E-state index is 0.0185. The van der Waals surface area contributed by atoms with Crippen LogP contribution in [0.15, 0.2) is 10.5 Å². The van der Waals surface area contributed by atoms with E-state index in [1.807, 2.05) is 0 Å². The molecule has 0 aliphatic carbocycles. The van der Waals surface area contributed by atoms with Gasteiger partial charge in [-0.2, -0.15) is 0 Å². The Hall–Kier alpha value is -1.41. The van der Waals surface area contributed by atoms with Crippen molar-refractivity contribution < 1.29 is 14.6 Å². The Morgan fingerprint density at radius 3 is 2.19 bits per heavy atom. The van der Waals surface area contributed by atoms with E-state index in [1.165, 1.54) is 7.11 Å². The van der Waals surface area contributed by atoms with Crippen molar-refractivity contribution in [1.29, 1.82) is 0 Å². The van der Waals surface area contributed by atoms with E-state index < -0.39 is 26.2 Å². The Bertz CT molecular complexity index is 478. The molecule has 0 aromatic heterocycles. The zero-order chi connectivity index (χ0) is 12.5. The summed E-state index contributed by atoms with van der Waals surface area (Å²) in [4.78, 5) is 19.7. The van der Waals surface area contributed by atoms with E-state index in [9.17, 15) is 20.2 Å². The molecule has 1 rings (SSSR count). The molecule has 86 valence electrons. The molecular weight excluding hydrogens is 307 g/mol. The van der Waals surface area contributed by atoms with Crippen LogP contribution in [-0.4, -0.2) is 17.0 Å². The molecule has 0 saturated carbocycles. The van der Waals surface area contributed by atoms with E-state index in [1.54, 1.807) is 0 Å². The summed E-state index contributed by atoms with van der Waals surface area (Å²) in [6.07, 6.45) is 0. The molecule has 0 saturated heterocycles. The molecule has 0 fully saturated rings. The van der Waals surface area contributed by atoms with Gasteiger partial charge in [0.15, 0.2) is 5.75 Å². The third-order valence-electron chi connectivity index (χ3n) is 1.72. The maximum absolute atomic E-state index is 10.7. The summed E-state index contributed by atoms with van der Waals surface area (Å²) in [6.45, 7) is 0. The highest BCUT2D eigenvalue weighted by Gasteiger charge is 2.31. The lowest BCUT2D eigenvalue weighted by Gasteiger charge is -2.04. The van der Waals surface area contributed by atoms with Crippen molar-refractivity contribution in [3.05, 3.63) is 35.8 Å². The van der Waals surface area contributed by atoms with Gasteiger partial charge in [-0.25, -0.2) is 0 Å². The maximum Gasteiger partial charge on any atom is 0.336 e. The molecule has 0 N–H and O–H groups in total. The number of nitro benzene ring substituents is 2. The fourth-order valence-electron chi connectivity index (χ4n) is 1.07. The average Bonchev–Trinajstić information content (AvgIpc) is 2.14. The van der Waals surface area contributed by atoms with Gasteiger partial charge in [0.2, 0.25) is 5.02 Å². The molecule has 16 heavy (non-hydrogen) atoms. The second kappa shape index (κ2) is 4.62. The molecule has 0 radical (unpaired) electrons. The van der Waals surface area contributed by atoms with Gasteiger partial charge in [-0.05, 0) is 15.9 Å². The van der Waals surface area contributed by atoms with Crippen LogP contribution in [0.2, 0.25) is 5.02 Å². The normalized spacial score (nSPS) is 9.94. The van der Waals surface area contributed by atoms with Crippen LogP contribution in [0, 0.1) is 20.2 Å². The molecule has 0 amide bonds. The molecule has 0 bridgehead atoms. The lowest BCUT2D eigenvalue weighted by molar-refractivity contribution is -0.394. The highest BCUT2D eigenvalue weighted by atomic mass is 79.9. The van der Waals surface area contributed by atoms with Gasteiger partial charge in [0, 0.05) is 6.07 Å². The summed E-state index contributed by atoms with van der Waals surface area (Å²) in [5, 5.41) is 20.8. The monoisotopic (exact) mass is 310 g/mol. The lowest BCUT2D eigenvalue weighted by Crippen LogP contribution is -1.99. The summed E-state index contributed by atoms with van der Waals surface area (Å²) in [6, 6.07) is 1.13. The van der Waals surface area contributed by atoms with Crippen LogP contribution in [-0.2, 0) is 0 Å². The summed E-state index contributed by atoms with van der Waals surface area (Å²) in [5.41, 5.74) is -1.19. The number of nitro groups is 2. The van der Waals surface area contributed by atoms with E-state index in [2.05, 4.69) is 15.9 Å². The fourth-order valence-corrected chi connectivity index (χ4v) is 2.07. The van der Waals surface area contributed by atoms with Crippen molar-refractivity contribution in [3.63, 3.8) is 0 Å². The first kappa shape index (κ1) is 12.7. The van der Waals surface area contributed by atoms with Crippen LogP contribution in [0.4, 0.5) is 11.4 Å². The predicted molar refractivity (Wildman–Crippen MR) is 59.0 cm³/mol. The SMILES string of the molecule is COc1cc(Br)c([N+](=O)[O-])c(Cl)c1[N+](=O)[O-]. The smallest absolute Gasteiger partial charge is 0.336 e. The topological polar surface area (TPSA) is 95.5 Å². The van der Waals surface area contributed by atoms with E-state index in [0.717, 1.165) is 6.07 Å². The van der Waals surface area contributed by atoms with Crippen molar-refractivity contribution in [2.75, 3.05) is 7.11 Å². The number of hydrogen-bond acceptors (Lipinski definition) is 5. The zero-order valence-corrected chi connectivity index (χ0v) is 10.1. The second-order valence-electron chi connectivity index (χ2n) is 2.59. The molecule has 0 aliphatic heterocycles. The molecule has 1 aromatic carbocycles. The van der Waals surface area contributed by atoms with Gasteiger partial charge in [0.05, 0.1) is 17.0 Å². The van der Waals surface area contributed by atoms with Crippen molar-refractivity contribution >= 4 is 38.9 Å². The van der Waals surface area contributed by atoms with Gasteiger partial charge >= 0.3 is 11.4 Å². The van der Waals surface area contributed by atoms with Crippen LogP contribution < -0.4 is 4.74 Å². The van der Waals surface area contributed by atoms with E-state index in [-0.39, 0.29) is 10.2 Å². The number of halogens is 2. The van der Waals surface area contributed by atoms with Gasteiger partial charge in [-0.3, -0.25) is 20.2 Å². The van der Waals surface area contributed by atoms with Crippen molar-refractivity contribution in [3.8, 4) is 5.75 Å². The highest BCUT2D eigenvalue weighted by molar-refractivity contribution is 9.10. The Kier molecular flexibility index (Phi) is 3.66. The minimum Gasteiger partial charge on any atom is -0.490 e. The zero-order valence-electron chi connectivity index (χ0n) is 7.77. The highest BCUT2D eigenvalue weighted by Crippen LogP contribution is 2.45. The molecule has 0 spiro atoms. The van der Waals surface area contributed by atoms with Crippen molar-refractivity contribution in [1.82, 2.24) is 0 Å². The van der Waals surface area contributed by atoms with Crippen LogP contribution in [0.1, 0.15) is 0 Å². The second-order valence-corrected chi connectivity index (χ2v) is 3.82. The summed E-state index contributed by atoms with van der Waals surface area (Å²) < 4.78 is 4.74. The number of benzene rings is 1. The van der Waals surface area contributed by atoms with Gasteiger partial charge in [-0.1, -0.05) is 11.6 Å². The Labute approximate surface area is 102 Å². The number of rotatable bonds is 3. The Morgan fingerprint density at radius 2 is 1.81 bits per heavy atom. The Balaban J connectivity index is 3.65. The first-order valence-electron chi connectivity index (χ1n) is 3.75.